The summed E-state index contributed by atoms with van der Waals surface area (Å²) in [6.07, 6.45) is 15.7. The van der Waals surface area contributed by atoms with Crippen LogP contribution in [0.4, 0.5) is 5.69 Å². The molecule has 5 rings (SSSR count). The van der Waals surface area contributed by atoms with Crippen molar-refractivity contribution < 1.29 is 36.8 Å². The van der Waals surface area contributed by atoms with Gasteiger partial charge in [0.25, 0.3) is 0 Å². The summed E-state index contributed by atoms with van der Waals surface area (Å²) >= 11 is 0. The standard InChI is InChI=1S/C20H20N2O4.C5H5.Fe/c1-22-12-11-19(18(25)26-2,16(23)13-7-3-4-8-13)20(22)14-9-5-6-10-15(14)21-17(20)24;1-2-4-5-3-1;/h3-10,16H,11-12H2,1-2H3,(H,21,24);1-5H;/q-1;;+2/p-1/t16-,19-,20+;;/m1../s1. The molecule has 1 aromatic rings. The summed E-state index contributed by atoms with van der Waals surface area (Å²) in [5, 5.41) is 26.9. The van der Waals surface area contributed by atoms with Crippen LogP contribution in [0.25, 0.3) is 0 Å². The molecule has 1 spiro atoms. The maximum atomic E-state index is 13.7. The number of carbonyl (C=O) groups is 1. The van der Waals surface area contributed by atoms with Gasteiger partial charge in [-0.15, -0.1) is 6.10 Å². The largest absolute Gasteiger partial charge is 2.00 e. The van der Waals surface area contributed by atoms with Gasteiger partial charge in [0.15, 0.2) is 0 Å². The first-order valence-corrected chi connectivity index (χ1v) is 10.2. The fraction of sp³-hybridized carbons (Fsp3) is 0.280. The number of nitrogens with zero attached hydrogens (tertiary/aromatic N) is 2. The zero-order valence-corrected chi connectivity index (χ0v) is 19.0. The smallest absolute Gasteiger partial charge is 0.860 e. The van der Waals surface area contributed by atoms with Crippen LogP contribution in [-0.4, -0.2) is 43.6 Å². The van der Waals surface area contributed by atoms with E-state index >= 15 is 0 Å². The molecule has 2 aliphatic carbocycles. The molecule has 7 heteroatoms. The summed E-state index contributed by atoms with van der Waals surface area (Å²) in [5.74, 6) is -0.665. The molecule has 0 unspecified atom stereocenters. The monoisotopic (exact) mass is 472 g/mol. The van der Waals surface area contributed by atoms with Crippen molar-refractivity contribution in [2.45, 2.75) is 18.1 Å². The molecule has 2 heterocycles. The number of ether oxygens (including phenoxy) is 1. The van der Waals surface area contributed by atoms with E-state index in [0.717, 1.165) is 0 Å². The number of hydrogen-bond donors (Lipinski definition) is 0. The van der Waals surface area contributed by atoms with Gasteiger partial charge in [0.2, 0.25) is 0 Å². The molecule has 4 aliphatic rings. The predicted molar refractivity (Wildman–Crippen MR) is 113 cm³/mol. The second kappa shape index (κ2) is 10.3. The molecule has 3 fully saturated rings. The topological polar surface area (TPSA) is 88.0 Å². The van der Waals surface area contributed by atoms with Crippen LogP contribution in [0, 0.1) is 69.1 Å². The first-order valence-electron chi connectivity index (χ1n) is 10.2. The summed E-state index contributed by atoms with van der Waals surface area (Å²) in [6, 6.07) is 7.10. The van der Waals surface area contributed by atoms with Gasteiger partial charge < -0.3 is 14.9 Å². The van der Waals surface area contributed by atoms with E-state index in [1.165, 1.54) is 7.11 Å². The van der Waals surface area contributed by atoms with E-state index < -0.39 is 28.9 Å². The average molecular weight is 472 g/mol. The Hall–Kier alpha value is -1.40. The van der Waals surface area contributed by atoms with Gasteiger partial charge in [-0.2, -0.15) is 0 Å². The Morgan fingerprint density at radius 2 is 1.69 bits per heavy atom. The maximum Gasteiger partial charge on any atom is 2.00 e. The van der Waals surface area contributed by atoms with E-state index in [0.29, 0.717) is 23.7 Å². The van der Waals surface area contributed by atoms with Crippen molar-refractivity contribution in [3.63, 3.8) is 0 Å². The zero-order valence-electron chi connectivity index (χ0n) is 17.9. The van der Waals surface area contributed by atoms with Gasteiger partial charge >= 0.3 is 23.0 Å². The minimum Gasteiger partial charge on any atom is -0.860 e. The molecular formula is C25H24FeN2O4. The van der Waals surface area contributed by atoms with Gasteiger partial charge in [0.1, 0.15) is 0 Å². The molecule has 2 aliphatic heterocycles. The summed E-state index contributed by atoms with van der Waals surface area (Å²) in [6.45, 7) is 0.421. The van der Waals surface area contributed by atoms with Gasteiger partial charge in [0, 0.05) is 12.1 Å². The Bertz CT molecular complexity index is 829. The first kappa shape index (κ1) is 25.2. The number of fused-ring (bicyclic) bond motifs is 2. The fourth-order valence-corrected chi connectivity index (χ4v) is 5.04. The molecule has 3 atom stereocenters. The van der Waals surface area contributed by atoms with Crippen LogP contribution in [0.5, 0.6) is 0 Å². The van der Waals surface area contributed by atoms with Crippen LogP contribution < -0.4 is 10.2 Å². The number of likely N-dealkylation sites (tertiary alicyclic amines) is 1. The van der Waals surface area contributed by atoms with E-state index in [4.69, 9.17) is 4.74 Å². The number of likely N-dealkylation sites (N-methyl/N-ethyl adjacent to an activating group) is 1. The van der Waals surface area contributed by atoms with Gasteiger partial charge in [-0.25, -0.2) is 0 Å². The van der Waals surface area contributed by atoms with Crippen LogP contribution in [0.1, 0.15) is 12.0 Å². The number of aliphatic imine (C=N–C) groups is 1. The summed E-state index contributed by atoms with van der Waals surface area (Å²) in [7, 11) is 3.02. The SMILES string of the molecule is COC(=O)[C@]1([C@H]([O-])[C]2[CH][CH][CH][CH]2)CCN(C)[C@@]12C([O-])=Nc1ccccc12.[CH]1[CH][CH][CH][CH]1.[Fe+2]. The Morgan fingerprint density at radius 1 is 1.09 bits per heavy atom. The van der Waals surface area contributed by atoms with Crippen LogP contribution in [-0.2, 0) is 32.1 Å². The van der Waals surface area contributed by atoms with E-state index in [9.17, 15) is 15.0 Å². The summed E-state index contributed by atoms with van der Waals surface area (Å²) < 4.78 is 5.10. The van der Waals surface area contributed by atoms with E-state index in [-0.39, 0.29) is 23.5 Å². The third-order valence-electron chi connectivity index (χ3n) is 6.43. The zero-order chi connectivity index (χ0) is 22.1. The Morgan fingerprint density at radius 3 is 2.28 bits per heavy atom. The molecule has 0 amide bonds. The molecule has 32 heavy (non-hydrogen) atoms. The molecule has 10 radical (unpaired) electrons. The fourth-order valence-electron chi connectivity index (χ4n) is 5.04. The molecule has 2 saturated carbocycles. The van der Waals surface area contributed by atoms with Gasteiger partial charge in [-0.1, -0.05) is 18.2 Å². The van der Waals surface area contributed by atoms with E-state index in [2.05, 4.69) is 4.99 Å². The molecule has 1 saturated heterocycles. The molecular weight excluding hydrogens is 448 g/mol. The van der Waals surface area contributed by atoms with Crippen LogP contribution in [0.3, 0.4) is 0 Å². The number of methoxy groups -OCH3 is 1. The van der Waals surface area contributed by atoms with Crippen molar-refractivity contribution in [3.05, 3.63) is 93.5 Å². The number of rotatable bonds is 3. The summed E-state index contributed by atoms with van der Waals surface area (Å²) in [4.78, 5) is 19.1. The van der Waals surface area contributed by atoms with Crippen molar-refractivity contribution in [1.82, 2.24) is 4.90 Å². The van der Waals surface area contributed by atoms with Gasteiger partial charge in [-0.05, 0) is 89.1 Å². The number of esters is 1. The third-order valence-corrected chi connectivity index (χ3v) is 6.43. The number of carbonyl (C=O) groups excluding carboxylic acids is 1. The van der Waals surface area contributed by atoms with Crippen molar-refractivity contribution in [3.8, 4) is 0 Å². The van der Waals surface area contributed by atoms with Gasteiger partial charge in [0.05, 0.1) is 23.8 Å². The molecule has 166 valence electrons. The van der Waals surface area contributed by atoms with Crippen LogP contribution in [0.2, 0.25) is 0 Å². The van der Waals surface area contributed by atoms with E-state index in [1.807, 2.05) is 32.1 Å². The minimum atomic E-state index is -1.59. The van der Waals surface area contributed by atoms with Crippen molar-refractivity contribution >= 4 is 17.6 Å². The Kier molecular flexibility index (Phi) is 8.08. The first-order chi connectivity index (χ1) is 15.0. The maximum absolute atomic E-state index is 13.7. The summed E-state index contributed by atoms with van der Waals surface area (Å²) in [5.41, 5.74) is -1.92. The normalized spacial score (nSPS) is 30.3. The number of benzene rings is 1. The quantitative estimate of drug-likeness (QED) is 0.483. The number of hydrogen-bond acceptors (Lipinski definition) is 6. The predicted octanol–water partition coefficient (Wildman–Crippen LogP) is 0.934. The molecule has 6 nitrogen and oxygen atoms in total. The van der Waals surface area contributed by atoms with Crippen molar-refractivity contribution in [2.24, 2.45) is 10.4 Å². The second-order valence-corrected chi connectivity index (χ2v) is 7.84. The number of para-hydroxylation sites is 1. The van der Waals surface area contributed by atoms with Crippen molar-refractivity contribution in [1.29, 1.82) is 0 Å². The second-order valence-electron chi connectivity index (χ2n) is 7.84. The molecule has 0 N–H and O–H groups in total. The van der Waals surface area contributed by atoms with Crippen LogP contribution >= 0.6 is 0 Å². The van der Waals surface area contributed by atoms with Crippen molar-refractivity contribution in [2.75, 3.05) is 20.7 Å². The molecule has 0 bridgehead atoms. The Labute approximate surface area is 201 Å². The molecule has 1 aromatic carbocycles. The Balaban J connectivity index is 0.000000427. The van der Waals surface area contributed by atoms with E-state index in [1.54, 1.807) is 61.9 Å². The van der Waals surface area contributed by atoms with Crippen LogP contribution in [0.15, 0.2) is 29.3 Å². The van der Waals surface area contributed by atoms with Gasteiger partial charge in [-0.3, -0.25) is 14.7 Å². The minimum absolute atomic E-state index is 0. The average Bonchev–Trinajstić information content (AvgIpc) is 3.58. The molecule has 0 aromatic heterocycles. The third kappa shape index (κ3) is 3.71.